The topological polar surface area (TPSA) is 78.0 Å². The Kier molecular flexibility index (Phi) is 3.88. The van der Waals surface area contributed by atoms with E-state index in [4.69, 9.17) is 16.0 Å². The van der Waals surface area contributed by atoms with E-state index in [1.165, 1.54) is 11.3 Å². The van der Waals surface area contributed by atoms with Crippen LogP contribution in [0.2, 0.25) is 5.02 Å². The van der Waals surface area contributed by atoms with E-state index in [9.17, 15) is 5.26 Å². The molecule has 0 aliphatic carbocycles. The number of piperazine rings is 1. The Morgan fingerprint density at radius 2 is 2.42 bits per heavy atom. The zero-order chi connectivity index (χ0) is 16.7. The number of anilines is 1. The van der Waals surface area contributed by atoms with Gasteiger partial charge in [-0.1, -0.05) is 11.6 Å². The quantitative estimate of drug-likeness (QED) is 0.756. The first-order chi connectivity index (χ1) is 11.7. The molecule has 1 atom stereocenters. The van der Waals surface area contributed by atoms with Crippen LogP contribution in [0.1, 0.15) is 12.5 Å². The van der Waals surface area contributed by atoms with Gasteiger partial charge in [-0.05, 0) is 13.0 Å². The fraction of sp³-hybridized carbons (Fsp3) is 0.312. The Hall–Kier alpha value is -2.14. The predicted molar refractivity (Wildman–Crippen MR) is 94.5 cm³/mol. The molecule has 0 bridgehead atoms. The molecule has 1 saturated heterocycles. The van der Waals surface area contributed by atoms with Crippen LogP contribution in [0.5, 0.6) is 0 Å². The van der Waals surface area contributed by atoms with Gasteiger partial charge in [0.1, 0.15) is 22.2 Å². The van der Waals surface area contributed by atoms with Gasteiger partial charge in [0.15, 0.2) is 5.58 Å². The van der Waals surface area contributed by atoms with Crippen molar-refractivity contribution in [1.82, 2.24) is 15.3 Å². The van der Waals surface area contributed by atoms with Crippen molar-refractivity contribution in [3.63, 3.8) is 0 Å². The molecule has 6 nitrogen and oxygen atoms in total. The van der Waals surface area contributed by atoms with Crippen LogP contribution >= 0.6 is 22.9 Å². The van der Waals surface area contributed by atoms with Gasteiger partial charge in [-0.2, -0.15) is 10.2 Å². The molecule has 1 aliphatic rings. The highest BCUT2D eigenvalue weighted by atomic mass is 35.5. The van der Waals surface area contributed by atoms with Crippen molar-refractivity contribution in [2.24, 2.45) is 0 Å². The average molecular weight is 360 g/mol. The highest BCUT2D eigenvalue weighted by Crippen LogP contribution is 2.38. The summed E-state index contributed by atoms with van der Waals surface area (Å²) in [4.78, 5) is 11.0. The van der Waals surface area contributed by atoms with Crippen molar-refractivity contribution in [3.05, 3.63) is 28.2 Å². The summed E-state index contributed by atoms with van der Waals surface area (Å²) in [6, 6.07) is 4.65. The molecule has 0 unspecified atom stereocenters. The molecule has 1 aliphatic heterocycles. The number of oxazole rings is 1. The Labute approximate surface area is 147 Å². The minimum absolute atomic E-state index is 0.260. The lowest BCUT2D eigenvalue weighted by Gasteiger charge is -2.32. The number of halogens is 1. The molecule has 1 fully saturated rings. The summed E-state index contributed by atoms with van der Waals surface area (Å²) in [5.74, 6) is 0. The van der Waals surface area contributed by atoms with Gasteiger partial charge in [0, 0.05) is 37.3 Å². The number of hydrogen-bond donors (Lipinski definition) is 1. The number of nitriles is 1. The van der Waals surface area contributed by atoms with Crippen molar-refractivity contribution in [1.29, 1.82) is 5.26 Å². The highest BCUT2D eigenvalue weighted by Gasteiger charge is 2.26. The zero-order valence-electron chi connectivity index (χ0n) is 12.9. The largest absolute Gasteiger partial charge is 0.423 e. The van der Waals surface area contributed by atoms with Crippen LogP contribution in [0.3, 0.4) is 0 Å². The van der Waals surface area contributed by atoms with Crippen molar-refractivity contribution >= 4 is 40.1 Å². The van der Waals surface area contributed by atoms with Crippen LogP contribution in [0.15, 0.2) is 22.1 Å². The Morgan fingerprint density at radius 3 is 3.12 bits per heavy atom. The number of nitrogens with one attached hydrogen (secondary N) is 1. The number of aromatic nitrogens is 2. The molecule has 0 saturated carbocycles. The smallest absolute Gasteiger partial charge is 0.298 e. The van der Waals surface area contributed by atoms with Crippen molar-refractivity contribution in [2.75, 3.05) is 24.5 Å². The van der Waals surface area contributed by atoms with E-state index in [1.54, 1.807) is 12.3 Å². The van der Waals surface area contributed by atoms with Gasteiger partial charge in [0.2, 0.25) is 0 Å². The van der Waals surface area contributed by atoms with Gasteiger partial charge in [-0.25, -0.2) is 4.98 Å². The van der Waals surface area contributed by atoms with Crippen LogP contribution in [0, 0.1) is 11.3 Å². The Morgan fingerprint density at radius 1 is 1.54 bits per heavy atom. The second-order valence-corrected chi connectivity index (χ2v) is 6.95. The first kappa shape index (κ1) is 15.4. The van der Waals surface area contributed by atoms with E-state index in [2.05, 4.69) is 33.2 Å². The molecule has 2 aromatic heterocycles. The van der Waals surface area contributed by atoms with Gasteiger partial charge in [-0.15, -0.1) is 11.3 Å². The monoisotopic (exact) mass is 359 g/mol. The van der Waals surface area contributed by atoms with Crippen molar-refractivity contribution in [2.45, 2.75) is 13.0 Å². The minimum atomic E-state index is 0.260. The van der Waals surface area contributed by atoms with Gasteiger partial charge < -0.3 is 14.6 Å². The van der Waals surface area contributed by atoms with Gasteiger partial charge in [0.05, 0.1) is 10.6 Å². The molecule has 1 N–H and O–H groups in total. The standard InChI is InChI=1S/C16H14ClN5OS/c1-9-8-19-2-4-22(9)16-21-13-11(7-18)12(17)6-10(14(13)23-16)15-20-3-5-24-15/h3,5-6,9,19H,2,4,8H2,1H3/t9-/m0/s1. The van der Waals surface area contributed by atoms with Crippen molar-refractivity contribution in [3.8, 4) is 16.6 Å². The summed E-state index contributed by atoms with van der Waals surface area (Å²) in [6.45, 7) is 4.65. The number of rotatable bonds is 2. The van der Waals surface area contributed by atoms with Crippen LogP contribution in [0.4, 0.5) is 6.01 Å². The van der Waals surface area contributed by atoms with E-state index in [0.29, 0.717) is 27.7 Å². The van der Waals surface area contributed by atoms with Crippen LogP contribution in [0.25, 0.3) is 21.7 Å². The summed E-state index contributed by atoms with van der Waals surface area (Å²) in [5.41, 5.74) is 2.16. The van der Waals surface area contributed by atoms with E-state index in [0.717, 1.165) is 30.2 Å². The minimum Gasteiger partial charge on any atom is -0.423 e. The lowest BCUT2D eigenvalue weighted by atomic mass is 10.1. The third-order valence-electron chi connectivity index (χ3n) is 4.13. The zero-order valence-corrected chi connectivity index (χ0v) is 14.5. The molecule has 0 radical (unpaired) electrons. The first-order valence-corrected chi connectivity index (χ1v) is 8.85. The fourth-order valence-electron chi connectivity index (χ4n) is 2.91. The Bertz CT molecular complexity index is 930. The fourth-order valence-corrected chi connectivity index (χ4v) is 3.80. The lowest BCUT2D eigenvalue weighted by Crippen LogP contribution is -2.50. The molecular weight excluding hydrogens is 346 g/mol. The molecule has 0 amide bonds. The molecule has 8 heteroatoms. The molecule has 4 rings (SSSR count). The second-order valence-electron chi connectivity index (χ2n) is 5.65. The summed E-state index contributed by atoms with van der Waals surface area (Å²) in [5, 5.41) is 15.8. The number of nitrogens with zero attached hydrogens (tertiary/aromatic N) is 4. The summed E-state index contributed by atoms with van der Waals surface area (Å²) in [6.07, 6.45) is 1.73. The normalized spacial score (nSPS) is 18.0. The maximum Gasteiger partial charge on any atom is 0.298 e. The maximum absolute atomic E-state index is 9.46. The van der Waals surface area contributed by atoms with E-state index in [-0.39, 0.29) is 6.04 Å². The molecule has 1 aromatic carbocycles. The lowest BCUT2D eigenvalue weighted by molar-refractivity contribution is 0.456. The third kappa shape index (κ3) is 2.44. The molecule has 24 heavy (non-hydrogen) atoms. The first-order valence-electron chi connectivity index (χ1n) is 7.59. The number of fused-ring (bicyclic) bond motifs is 1. The van der Waals surface area contributed by atoms with E-state index in [1.807, 2.05) is 5.38 Å². The highest BCUT2D eigenvalue weighted by molar-refractivity contribution is 7.13. The number of hydrogen-bond acceptors (Lipinski definition) is 7. The molecule has 3 aromatic rings. The maximum atomic E-state index is 9.46. The molecular formula is C16H14ClN5OS. The average Bonchev–Trinajstić information content (AvgIpc) is 3.24. The molecule has 122 valence electrons. The van der Waals surface area contributed by atoms with Crippen molar-refractivity contribution < 1.29 is 4.42 Å². The second kappa shape index (κ2) is 6.06. The van der Waals surface area contributed by atoms with E-state index < -0.39 is 0 Å². The van der Waals surface area contributed by atoms with Crippen LogP contribution < -0.4 is 10.2 Å². The predicted octanol–water partition coefficient (Wildman–Crippen LogP) is 3.27. The van der Waals surface area contributed by atoms with Crippen LogP contribution in [-0.2, 0) is 0 Å². The summed E-state index contributed by atoms with van der Waals surface area (Å²) >= 11 is 7.79. The number of benzene rings is 1. The SMILES string of the molecule is C[C@H]1CNCCN1c1nc2c(C#N)c(Cl)cc(-c3nccs3)c2o1. The van der Waals surface area contributed by atoms with E-state index >= 15 is 0 Å². The van der Waals surface area contributed by atoms with Gasteiger partial charge in [0.25, 0.3) is 6.01 Å². The van der Waals surface area contributed by atoms with Gasteiger partial charge >= 0.3 is 0 Å². The molecule has 0 spiro atoms. The summed E-state index contributed by atoms with van der Waals surface area (Å²) < 4.78 is 6.07. The molecule has 3 heterocycles. The van der Waals surface area contributed by atoms with Gasteiger partial charge in [-0.3, -0.25) is 0 Å². The Balaban J connectivity index is 1.94. The number of thiazole rings is 1. The third-order valence-corrected chi connectivity index (χ3v) is 5.23. The summed E-state index contributed by atoms with van der Waals surface area (Å²) in [7, 11) is 0. The van der Waals surface area contributed by atoms with Crippen LogP contribution in [-0.4, -0.2) is 35.6 Å².